The van der Waals surface area contributed by atoms with E-state index < -0.39 is 0 Å². The van der Waals surface area contributed by atoms with Crippen LogP contribution in [0.4, 0.5) is 0 Å². The molecular formula is C15H22O. The summed E-state index contributed by atoms with van der Waals surface area (Å²) >= 11 is 0. The molecule has 0 amide bonds. The van der Waals surface area contributed by atoms with Crippen LogP contribution in [0.15, 0.2) is 23.8 Å². The van der Waals surface area contributed by atoms with Crippen molar-refractivity contribution in [3.8, 4) is 0 Å². The Labute approximate surface area is 98.2 Å². The quantitative estimate of drug-likeness (QED) is 0.706. The van der Waals surface area contributed by atoms with Crippen LogP contribution < -0.4 is 0 Å². The first kappa shape index (κ1) is 10.6. The highest BCUT2D eigenvalue weighted by molar-refractivity contribution is 5.27. The third-order valence-electron chi connectivity index (χ3n) is 5.10. The first-order valence-corrected chi connectivity index (χ1v) is 6.72. The summed E-state index contributed by atoms with van der Waals surface area (Å²) in [5.74, 6) is 3.88. The van der Waals surface area contributed by atoms with Crippen molar-refractivity contribution in [3.63, 3.8) is 0 Å². The van der Waals surface area contributed by atoms with Gasteiger partial charge in [0.2, 0.25) is 0 Å². The molecule has 0 saturated heterocycles. The van der Waals surface area contributed by atoms with Crippen LogP contribution in [0.2, 0.25) is 0 Å². The lowest BCUT2D eigenvalue weighted by molar-refractivity contribution is 0.156. The minimum atomic E-state index is -0.207. The fourth-order valence-electron chi connectivity index (χ4n) is 4.05. The molecule has 6 atom stereocenters. The normalized spacial score (nSPS) is 46.3. The van der Waals surface area contributed by atoms with Crippen LogP contribution in [0.3, 0.4) is 0 Å². The lowest BCUT2D eigenvalue weighted by atomic mass is 9.78. The number of rotatable bonds is 2. The Bertz CT molecular complexity index is 339. The molecule has 88 valence electrons. The highest BCUT2D eigenvalue weighted by Gasteiger charge is 2.49. The monoisotopic (exact) mass is 218 g/mol. The molecule has 0 heterocycles. The van der Waals surface area contributed by atoms with E-state index in [1.807, 2.05) is 6.92 Å². The standard InChI is InChI=1S/C15H22O/c1-9(10(2)16)6-11-7-12-8-15(11)14-5-3-4-13(12)14/h3,5-6,9-10,12-16H,4,7-8H2,1-2H3/t9?,10-,12+,13-,14-,15+/m0/s1. The smallest absolute Gasteiger partial charge is 0.0572 e. The van der Waals surface area contributed by atoms with Crippen molar-refractivity contribution in [2.24, 2.45) is 29.6 Å². The molecule has 3 aliphatic rings. The summed E-state index contributed by atoms with van der Waals surface area (Å²) in [5.41, 5.74) is 1.64. The molecule has 2 bridgehead atoms. The van der Waals surface area contributed by atoms with Crippen molar-refractivity contribution in [1.82, 2.24) is 0 Å². The molecular weight excluding hydrogens is 196 g/mol. The lowest BCUT2D eigenvalue weighted by Gasteiger charge is -2.27. The van der Waals surface area contributed by atoms with Crippen molar-refractivity contribution in [3.05, 3.63) is 23.8 Å². The zero-order valence-electron chi connectivity index (χ0n) is 10.3. The fourth-order valence-corrected chi connectivity index (χ4v) is 4.05. The number of allylic oxidation sites excluding steroid dienone is 3. The highest BCUT2D eigenvalue weighted by Crippen LogP contribution is 2.58. The maximum atomic E-state index is 9.58. The van der Waals surface area contributed by atoms with Gasteiger partial charge in [0, 0.05) is 0 Å². The Morgan fingerprint density at radius 2 is 2.25 bits per heavy atom. The second kappa shape index (κ2) is 3.73. The van der Waals surface area contributed by atoms with Crippen LogP contribution in [0.5, 0.6) is 0 Å². The number of fused-ring (bicyclic) bond motifs is 5. The van der Waals surface area contributed by atoms with E-state index in [4.69, 9.17) is 0 Å². The second-order valence-electron chi connectivity index (χ2n) is 6.05. The molecule has 0 aromatic rings. The largest absolute Gasteiger partial charge is 0.393 e. The van der Waals surface area contributed by atoms with Gasteiger partial charge in [-0.15, -0.1) is 0 Å². The summed E-state index contributed by atoms with van der Waals surface area (Å²) in [5, 5.41) is 9.58. The van der Waals surface area contributed by atoms with Gasteiger partial charge < -0.3 is 5.11 Å². The minimum absolute atomic E-state index is 0.207. The topological polar surface area (TPSA) is 20.2 Å². The summed E-state index contributed by atoms with van der Waals surface area (Å²) in [6.45, 7) is 4.03. The number of hydrogen-bond donors (Lipinski definition) is 1. The minimum Gasteiger partial charge on any atom is -0.393 e. The van der Waals surface area contributed by atoms with E-state index in [9.17, 15) is 5.11 Å². The molecule has 2 saturated carbocycles. The van der Waals surface area contributed by atoms with E-state index in [1.54, 1.807) is 5.57 Å². The SMILES string of the molecule is CC(C=C1C[C@@H]2C[C@H]1[C@H]1C=CC[C@@H]21)[C@H](C)O. The Hall–Kier alpha value is -0.560. The van der Waals surface area contributed by atoms with E-state index >= 15 is 0 Å². The molecule has 1 N–H and O–H groups in total. The van der Waals surface area contributed by atoms with Crippen LogP contribution in [-0.4, -0.2) is 11.2 Å². The van der Waals surface area contributed by atoms with Gasteiger partial charge in [-0.05, 0) is 55.8 Å². The third-order valence-corrected chi connectivity index (χ3v) is 5.10. The molecule has 2 fully saturated rings. The van der Waals surface area contributed by atoms with Crippen LogP contribution in [0, 0.1) is 29.6 Å². The maximum absolute atomic E-state index is 9.58. The highest BCUT2D eigenvalue weighted by atomic mass is 16.3. The summed E-state index contributed by atoms with van der Waals surface area (Å²) in [7, 11) is 0. The first-order chi connectivity index (χ1) is 7.66. The Balaban J connectivity index is 1.79. The second-order valence-corrected chi connectivity index (χ2v) is 6.05. The molecule has 16 heavy (non-hydrogen) atoms. The van der Waals surface area contributed by atoms with Gasteiger partial charge in [-0.25, -0.2) is 0 Å². The zero-order valence-corrected chi connectivity index (χ0v) is 10.3. The number of hydrogen-bond acceptors (Lipinski definition) is 1. The van der Waals surface area contributed by atoms with Crippen LogP contribution in [-0.2, 0) is 0 Å². The number of aliphatic hydroxyl groups excluding tert-OH is 1. The molecule has 3 rings (SSSR count). The molecule has 0 aromatic carbocycles. The van der Waals surface area contributed by atoms with E-state index in [-0.39, 0.29) is 6.10 Å². The molecule has 1 nitrogen and oxygen atoms in total. The summed E-state index contributed by atoms with van der Waals surface area (Å²) in [4.78, 5) is 0. The molecule has 0 radical (unpaired) electrons. The molecule has 0 spiro atoms. The summed E-state index contributed by atoms with van der Waals surface area (Å²) < 4.78 is 0. The van der Waals surface area contributed by atoms with Crippen molar-refractivity contribution >= 4 is 0 Å². The zero-order chi connectivity index (χ0) is 11.3. The number of aliphatic hydroxyl groups is 1. The van der Waals surface area contributed by atoms with Crippen molar-refractivity contribution in [2.75, 3.05) is 0 Å². The van der Waals surface area contributed by atoms with E-state index in [0.29, 0.717) is 5.92 Å². The van der Waals surface area contributed by atoms with Crippen LogP contribution in [0.25, 0.3) is 0 Å². The van der Waals surface area contributed by atoms with Crippen molar-refractivity contribution in [2.45, 2.75) is 39.2 Å². The molecule has 1 heteroatoms. The predicted octanol–water partition coefficient (Wildman–Crippen LogP) is 3.16. The third kappa shape index (κ3) is 1.48. The van der Waals surface area contributed by atoms with Crippen LogP contribution in [0.1, 0.15) is 33.1 Å². The van der Waals surface area contributed by atoms with Gasteiger partial charge in [0.05, 0.1) is 6.10 Å². The van der Waals surface area contributed by atoms with E-state index in [0.717, 1.165) is 23.7 Å². The van der Waals surface area contributed by atoms with Crippen molar-refractivity contribution < 1.29 is 5.11 Å². The van der Waals surface area contributed by atoms with Gasteiger partial charge in [0.15, 0.2) is 0 Å². The van der Waals surface area contributed by atoms with E-state index in [2.05, 4.69) is 25.2 Å². The first-order valence-electron chi connectivity index (χ1n) is 6.72. The Morgan fingerprint density at radius 3 is 3.00 bits per heavy atom. The van der Waals surface area contributed by atoms with Gasteiger partial charge in [-0.2, -0.15) is 0 Å². The van der Waals surface area contributed by atoms with Gasteiger partial charge in [0.25, 0.3) is 0 Å². The summed E-state index contributed by atoms with van der Waals surface area (Å²) in [6.07, 6.45) is 11.0. The summed E-state index contributed by atoms with van der Waals surface area (Å²) in [6, 6.07) is 0. The predicted molar refractivity (Wildman–Crippen MR) is 65.9 cm³/mol. The molecule has 0 aromatic heterocycles. The molecule has 0 aliphatic heterocycles. The van der Waals surface area contributed by atoms with Gasteiger partial charge >= 0.3 is 0 Å². The van der Waals surface area contributed by atoms with Gasteiger partial charge in [-0.3, -0.25) is 0 Å². The van der Waals surface area contributed by atoms with Crippen molar-refractivity contribution in [1.29, 1.82) is 0 Å². The Kier molecular flexibility index (Phi) is 2.47. The molecule has 3 aliphatic carbocycles. The average molecular weight is 218 g/mol. The average Bonchev–Trinajstić information content (AvgIpc) is 2.87. The Morgan fingerprint density at radius 1 is 1.44 bits per heavy atom. The van der Waals surface area contributed by atoms with Gasteiger partial charge in [0.1, 0.15) is 0 Å². The molecule has 1 unspecified atom stereocenters. The van der Waals surface area contributed by atoms with Crippen LogP contribution >= 0.6 is 0 Å². The van der Waals surface area contributed by atoms with Gasteiger partial charge in [-0.1, -0.05) is 30.7 Å². The maximum Gasteiger partial charge on any atom is 0.0572 e. The van der Waals surface area contributed by atoms with E-state index in [1.165, 1.54) is 19.3 Å². The lowest BCUT2D eigenvalue weighted by Crippen LogP contribution is -2.20. The fraction of sp³-hybridized carbons (Fsp3) is 0.733.